The lowest BCUT2D eigenvalue weighted by atomic mass is 10.1. The van der Waals surface area contributed by atoms with Crippen LogP contribution in [0.5, 0.6) is 0 Å². The number of para-hydroxylation sites is 1. The molecule has 2 atom stereocenters. The normalized spacial score (nSPS) is 17.4. The maximum atomic E-state index is 13.3. The summed E-state index contributed by atoms with van der Waals surface area (Å²) in [4.78, 5) is 17.6. The van der Waals surface area contributed by atoms with Gasteiger partial charge in [0, 0.05) is 10.6 Å². The summed E-state index contributed by atoms with van der Waals surface area (Å²) >= 11 is 1.82. The van der Waals surface area contributed by atoms with E-state index < -0.39 is 0 Å². The molecule has 27 heavy (non-hydrogen) atoms. The molecule has 1 unspecified atom stereocenters. The van der Waals surface area contributed by atoms with Crippen molar-refractivity contribution in [2.24, 2.45) is 0 Å². The molecule has 1 aliphatic rings. The Morgan fingerprint density at radius 3 is 2.67 bits per heavy atom. The zero-order valence-electron chi connectivity index (χ0n) is 15.3. The van der Waals surface area contributed by atoms with Gasteiger partial charge in [0.05, 0.1) is 25.0 Å². The van der Waals surface area contributed by atoms with E-state index >= 15 is 0 Å². The van der Waals surface area contributed by atoms with Crippen molar-refractivity contribution in [3.05, 3.63) is 84.3 Å². The van der Waals surface area contributed by atoms with Crippen LogP contribution < -0.4 is 9.80 Å². The number of benzene rings is 2. The monoisotopic (exact) mass is 379 g/mol. The second-order valence-electron chi connectivity index (χ2n) is 6.86. The maximum absolute atomic E-state index is 13.3. The molecular weight excluding hydrogens is 356 g/mol. The van der Waals surface area contributed by atoms with Gasteiger partial charge in [-0.05, 0) is 29.8 Å². The molecule has 4 nitrogen and oxygen atoms in total. The van der Waals surface area contributed by atoms with E-state index in [0.717, 1.165) is 22.1 Å². The van der Waals surface area contributed by atoms with E-state index in [0.29, 0.717) is 13.1 Å². The number of fused-ring (bicyclic) bond motifs is 1. The Bertz CT molecular complexity index is 896. The van der Waals surface area contributed by atoms with Crippen LogP contribution in [0.25, 0.3) is 0 Å². The van der Waals surface area contributed by atoms with E-state index in [2.05, 4.69) is 24.3 Å². The summed E-state index contributed by atoms with van der Waals surface area (Å²) in [5, 5.41) is 0. The molecule has 2 heterocycles. The van der Waals surface area contributed by atoms with Crippen molar-refractivity contribution in [3.63, 3.8) is 0 Å². The van der Waals surface area contributed by atoms with Crippen LogP contribution in [0.1, 0.15) is 17.4 Å². The molecular formula is C22H23N2O2S+. The number of thioether (sulfide) groups is 1. The van der Waals surface area contributed by atoms with E-state index in [9.17, 15) is 4.79 Å². The average Bonchev–Trinajstić information content (AvgIpc) is 3.20. The van der Waals surface area contributed by atoms with Gasteiger partial charge in [-0.3, -0.25) is 9.69 Å². The summed E-state index contributed by atoms with van der Waals surface area (Å²) in [7, 11) is 2.03. The highest BCUT2D eigenvalue weighted by Crippen LogP contribution is 2.42. The van der Waals surface area contributed by atoms with Crippen LogP contribution in [-0.2, 0) is 11.3 Å². The summed E-state index contributed by atoms with van der Waals surface area (Å²) in [5.41, 5.74) is 2.19. The SMILES string of the molecule is C[NH+](CC(=O)N1c2ccccc2SC[C@@H]1c1ccccc1)Cc1ccco1. The van der Waals surface area contributed by atoms with E-state index in [-0.39, 0.29) is 11.9 Å². The van der Waals surface area contributed by atoms with Gasteiger partial charge < -0.3 is 9.32 Å². The second-order valence-corrected chi connectivity index (χ2v) is 7.92. The topological polar surface area (TPSA) is 37.9 Å². The van der Waals surface area contributed by atoms with Crippen molar-refractivity contribution in [1.29, 1.82) is 0 Å². The maximum Gasteiger partial charge on any atom is 0.282 e. The number of quaternary nitrogens is 1. The van der Waals surface area contributed by atoms with Crippen molar-refractivity contribution in [2.45, 2.75) is 17.5 Å². The van der Waals surface area contributed by atoms with Gasteiger partial charge in [-0.1, -0.05) is 42.5 Å². The van der Waals surface area contributed by atoms with Crippen molar-refractivity contribution >= 4 is 23.4 Å². The Hall–Kier alpha value is -2.50. The van der Waals surface area contributed by atoms with Crippen LogP contribution in [0.3, 0.4) is 0 Å². The number of nitrogens with one attached hydrogen (secondary N) is 1. The Kier molecular flexibility index (Phi) is 5.32. The number of carbonyl (C=O) groups excluding carboxylic acids is 1. The van der Waals surface area contributed by atoms with Gasteiger partial charge in [0.2, 0.25) is 0 Å². The first-order chi connectivity index (χ1) is 13.2. The Morgan fingerprint density at radius 1 is 1.11 bits per heavy atom. The number of anilines is 1. The molecule has 4 rings (SSSR count). The average molecular weight is 380 g/mol. The van der Waals surface area contributed by atoms with Gasteiger partial charge >= 0.3 is 0 Å². The largest absolute Gasteiger partial charge is 0.463 e. The van der Waals surface area contributed by atoms with Crippen LogP contribution in [0, 0.1) is 0 Å². The number of amides is 1. The van der Waals surface area contributed by atoms with Crippen molar-refractivity contribution in [2.75, 3.05) is 24.2 Å². The van der Waals surface area contributed by atoms with Gasteiger partial charge in [-0.2, -0.15) is 0 Å². The Labute approximate surface area is 163 Å². The first kappa shape index (κ1) is 17.9. The fraction of sp³-hybridized carbons (Fsp3) is 0.227. The smallest absolute Gasteiger partial charge is 0.282 e. The molecule has 1 amide bonds. The molecule has 5 heteroatoms. The van der Waals surface area contributed by atoms with Crippen LogP contribution >= 0.6 is 11.8 Å². The third kappa shape index (κ3) is 3.94. The van der Waals surface area contributed by atoms with E-state index in [1.807, 2.05) is 66.2 Å². The predicted octanol–water partition coefficient (Wildman–Crippen LogP) is 3.17. The van der Waals surface area contributed by atoms with E-state index in [1.165, 1.54) is 10.5 Å². The van der Waals surface area contributed by atoms with E-state index in [1.54, 1.807) is 6.26 Å². The Morgan fingerprint density at radius 2 is 1.89 bits per heavy atom. The van der Waals surface area contributed by atoms with Crippen LogP contribution in [-0.4, -0.2) is 25.3 Å². The minimum absolute atomic E-state index is 0.0509. The first-order valence-corrected chi connectivity index (χ1v) is 10.1. The number of nitrogens with zero attached hydrogens (tertiary/aromatic N) is 1. The van der Waals surface area contributed by atoms with Crippen molar-refractivity contribution in [3.8, 4) is 0 Å². The van der Waals surface area contributed by atoms with Gasteiger partial charge in [0.15, 0.2) is 12.3 Å². The second kappa shape index (κ2) is 8.03. The molecule has 2 aromatic carbocycles. The van der Waals surface area contributed by atoms with Crippen LogP contribution in [0.4, 0.5) is 5.69 Å². The first-order valence-electron chi connectivity index (χ1n) is 9.15. The molecule has 1 N–H and O–H groups in total. The fourth-order valence-corrected chi connectivity index (χ4v) is 4.70. The number of rotatable bonds is 5. The zero-order valence-corrected chi connectivity index (χ0v) is 16.1. The summed E-state index contributed by atoms with van der Waals surface area (Å²) in [5.74, 6) is 1.90. The van der Waals surface area contributed by atoms with Crippen LogP contribution in [0.2, 0.25) is 0 Å². The minimum atomic E-state index is 0.0509. The number of carbonyl (C=O) groups is 1. The van der Waals surface area contributed by atoms with Gasteiger partial charge in [-0.15, -0.1) is 11.8 Å². The summed E-state index contributed by atoms with van der Waals surface area (Å²) < 4.78 is 5.43. The fourth-order valence-electron chi connectivity index (χ4n) is 3.53. The van der Waals surface area contributed by atoms with Crippen molar-refractivity contribution in [1.82, 2.24) is 0 Å². The lowest BCUT2D eigenvalue weighted by Gasteiger charge is -2.37. The van der Waals surface area contributed by atoms with Gasteiger partial charge in [0.25, 0.3) is 5.91 Å². The zero-order chi connectivity index (χ0) is 18.6. The highest BCUT2D eigenvalue weighted by molar-refractivity contribution is 7.99. The van der Waals surface area contributed by atoms with E-state index in [4.69, 9.17) is 4.42 Å². The summed E-state index contributed by atoms with van der Waals surface area (Å²) in [6.07, 6.45) is 1.67. The third-order valence-corrected chi connectivity index (χ3v) is 5.93. The number of likely N-dealkylation sites (N-methyl/N-ethyl adjacent to an activating group) is 1. The molecule has 0 radical (unpaired) electrons. The standard InChI is InChI=1S/C22H22N2O2S/c1-23(14-18-10-7-13-26-18)15-22(25)24-19-11-5-6-12-21(19)27-16-20(24)17-8-3-2-4-9-17/h2-13,20H,14-16H2,1H3/p+1/t20-/m1/s1. The third-order valence-electron chi connectivity index (χ3n) is 4.80. The lowest BCUT2D eigenvalue weighted by Crippen LogP contribution is -3.09. The molecule has 3 aromatic rings. The number of hydrogen-bond acceptors (Lipinski definition) is 3. The van der Waals surface area contributed by atoms with Crippen molar-refractivity contribution < 1.29 is 14.1 Å². The van der Waals surface area contributed by atoms with Gasteiger partial charge in [-0.25, -0.2) is 0 Å². The molecule has 0 bridgehead atoms. The molecule has 0 aliphatic carbocycles. The molecule has 1 aromatic heterocycles. The lowest BCUT2D eigenvalue weighted by molar-refractivity contribution is -0.886. The molecule has 0 fully saturated rings. The number of hydrogen-bond donors (Lipinski definition) is 1. The molecule has 0 saturated carbocycles. The minimum Gasteiger partial charge on any atom is -0.463 e. The Balaban J connectivity index is 1.60. The molecule has 0 saturated heterocycles. The molecule has 0 spiro atoms. The summed E-state index contributed by atoms with van der Waals surface area (Å²) in [6.45, 7) is 1.11. The van der Waals surface area contributed by atoms with Gasteiger partial charge in [0.1, 0.15) is 6.54 Å². The quantitative estimate of drug-likeness (QED) is 0.740. The predicted molar refractivity (Wildman–Crippen MR) is 108 cm³/mol. The highest BCUT2D eigenvalue weighted by atomic mass is 32.2. The van der Waals surface area contributed by atoms with Crippen LogP contribution in [0.15, 0.2) is 82.3 Å². The highest BCUT2D eigenvalue weighted by Gasteiger charge is 2.33. The number of furan rings is 1. The molecule has 1 aliphatic heterocycles. The molecule has 138 valence electrons. The summed E-state index contributed by atoms with van der Waals surface area (Å²) in [6, 6.07) is 22.4.